The highest BCUT2D eigenvalue weighted by molar-refractivity contribution is 6.31. The van der Waals surface area contributed by atoms with Gasteiger partial charge in [-0.25, -0.2) is 23.5 Å². The van der Waals surface area contributed by atoms with Crippen molar-refractivity contribution in [2.24, 2.45) is 18.4 Å². The molecule has 0 unspecified atom stereocenters. The van der Waals surface area contributed by atoms with Gasteiger partial charge in [0, 0.05) is 23.9 Å². The van der Waals surface area contributed by atoms with Crippen molar-refractivity contribution < 1.29 is 14.7 Å². The lowest BCUT2D eigenvalue weighted by Crippen LogP contribution is -2.54. The summed E-state index contributed by atoms with van der Waals surface area (Å²) in [7, 11) is 1.42. The number of benzene rings is 1. The van der Waals surface area contributed by atoms with Crippen molar-refractivity contribution in [3.63, 3.8) is 0 Å². The molecule has 1 saturated carbocycles. The molecule has 2 aromatic rings. The van der Waals surface area contributed by atoms with Gasteiger partial charge < -0.3 is 5.11 Å². The van der Waals surface area contributed by atoms with Crippen LogP contribution in [0.4, 0.5) is 0 Å². The number of rotatable bonds is 1. The lowest BCUT2D eigenvalue weighted by Gasteiger charge is -2.52. The quantitative estimate of drug-likeness (QED) is 0.663. The topological polar surface area (TPSA) is 103 Å². The van der Waals surface area contributed by atoms with E-state index >= 15 is 0 Å². The first-order valence-electron chi connectivity index (χ1n) is 10.4. The zero-order valence-corrected chi connectivity index (χ0v) is 18.6. The van der Waals surface area contributed by atoms with Crippen LogP contribution in [0.2, 0.25) is 5.02 Å². The summed E-state index contributed by atoms with van der Waals surface area (Å²) in [5, 5.41) is 10.1. The molecule has 0 amide bonds. The number of phenolic OH excluding ortho intramolecular Hbond substituents is 1. The second-order valence-electron chi connectivity index (χ2n) is 9.04. The third kappa shape index (κ3) is 2.50. The highest BCUT2D eigenvalue weighted by Crippen LogP contribution is 2.60. The van der Waals surface area contributed by atoms with Gasteiger partial charge in [0.1, 0.15) is 5.75 Å². The van der Waals surface area contributed by atoms with E-state index in [1.165, 1.54) is 34.6 Å². The van der Waals surface area contributed by atoms with Gasteiger partial charge in [-0.15, -0.1) is 0 Å². The second kappa shape index (κ2) is 6.68. The molecule has 3 aliphatic rings. The smallest absolute Gasteiger partial charge is 0.347 e. The number of hydrogen-bond acceptors (Lipinski definition) is 5. The second-order valence-corrected chi connectivity index (χ2v) is 9.44. The maximum absolute atomic E-state index is 13.4. The molecule has 9 heteroatoms. The van der Waals surface area contributed by atoms with Crippen LogP contribution in [0.5, 0.6) is 5.75 Å². The summed E-state index contributed by atoms with van der Waals surface area (Å²) in [4.78, 5) is 52.2. The van der Waals surface area contributed by atoms with Gasteiger partial charge in [0.2, 0.25) is 0 Å². The highest BCUT2D eigenvalue weighted by Gasteiger charge is 2.59. The Bertz CT molecular complexity index is 1390. The van der Waals surface area contributed by atoms with E-state index in [2.05, 4.69) is 0 Å². The van der Waals surface area contributed by atoms with E-state index in [-0.39, 0.29) is 35.3 Å². The fourth-order valence-corrected chi connectivity index (χ4v) is 6.03. The van der Waals surface area contributed by atoms with Crippen molar-refractivity contribution in [2.45, 2.75) is 38.8 Å². The van der Waals surface area contributed by atoms with E-state index in [0.29, 0.717) is 11.1 Å². The van der Waals surface area contributed by atoms with E-state index in [1.54, 1.807) is 19.9 Å². The minimum absolute atomic E-state index is 0.0136. The average Bonchev–Trinajstić information content (AvgIpc) is 2.96. The number of phenols is 1. The zero-order chi connectivity index (χ0) is 23.1. The first-order valence-corrected chi connectivity index (χ1v) is 10.8. The Morgan fingerprint density at radius 1 is 1.16 bits per heavy atom. The maximum Gasteiger partial charge on any atom is 0.347 e. The first-order chi connectivity index (χ1) is 15.1. The Hall–Kier alpha value is -3.13. The predicted molar refractivity (Wildman–Crippen MR) is 117 cm³/mol. The Morgan fingerprint density at radius 2 is 1.88 bits per heavy atom. The number of nitrogens with zero attached hydrogens (tertiary/aromatic N) is 3. The minimum atomic E-state index is -1.11. The fraction of sp³-hybridized carbons (Fsp3) is 0.391. The maximum atomic E-state index is 13.4. The summed E-state index contributed by atoms with van der Waals surface area (Å²) >= 11 is 6.53. The van der Waals surface area contributed by atoms with Gasteiger partial charge in [0.05, 0.1) is 18.0 Å². The molecule has 1 aromatic heterocycles. The molecule has 0 bridgehead atoms. The monoisotopic (exact) mass is 455 g/mol. The van der Waals surface area contributed by atoms with Crippen LogP contribution >= 0.6 is 11.6 Å². The van der Waals surface area contributed by atoms with E-state index in [4.69, 9.17) is 11.6 Å². The minimum Gasteiger partial charge on any atom is -0.508 e. The van der Waals surface area contributed by atoms with Crippen LogP contribution in [-0.4, -0.2) is 30.6 Å². The van der Waals surface area contributed by atoms with Gasteiger partial charge in [-0.2, -0.15) is 0 Å². The Morgan fingerprint density at radius 3 is 2.56 bits per heavy atom. The molecule has 8 nitrogen and oxygen atoms in total. The van der Waals surface area contributed by atoms with E-state index in [0.717, 1.165) is 10.1 Å². The number of ketones is 2. The average molecular weight is 456 g/mol. The summed E-state index contributed by atoms with van der Waals surface area (Å²) in [5.41, 5.74) is -0.249. The molecular formula is C23H22ClN3O5. The standard InChI is InChI=1S/C23H22ClN3O5/c1-11-8-18(29)23(2)15(20(11)30)10-17-14(19(23)13-5-4-12(28)9-16(13)24)6-7-26-21(31)25(3)22(32)27(17)26/h4-6,8-9,15,17,19,28H,7,10H2,1-3H3/t15-,17+,19-,23-/m0/s1. The number of halogens is 1. The molecule has 0 saturated heterocycles. The van der Waals surface area contributed by atoms with Crippen molar-refractivity contribution >= 4 is 23.2 Å². The van der Waals surface area contributed by atoms with E-state index < -0.39 is 34.7 Å². The SMILES string of the molecule is CC1=CC(=O)[C@@]2(C)[C@@H](c3ccc(O)cc3Cl)C3=CCn4c(=O)n(C)c(=O)n4[C@@H]3C[C@H]2C1=O. The predicted octanol–water partition coefficient (Wildman–Crippen LogP) is 2.10. The van der Waals surface area contributed by atoms with Crippen molar-refractivity contribution in [3.05, 3.63) is 73.1 Å². The third-order valence-corrected chi connectivity index (χ3v) is 7.75. The summed E-state index contributed by atoms with van der Waals surface area (Å²) in [6, 6.07) is 3.99. The van der Waals surface area contributed by atoms with Gasteiger partial charge >= 0.3 is 11.4 Å². The van der Waals surface area contributed by atoms with Crippen molar-refractivity contribution in [3.8, 4) is 5.75 Å². The summed E-state index contributed by atoms with van der Waals surface area (Å²) in [6.07, 6.45) is 3.49. The van der Waals surface area contributed by atoms with Crippen LogP contribution in [0, 0.1) is 11.3 Å². The van der Waals surface area contributed by atoms with Crippen LogP contribution in [0.3, 0.4) is 0 Å². The molecule has 1 aromatic carbocycles. The fourth-order valence-electron chi connectivity index (χ4n) is 5.75. The Kier molecular flexibility index (Phi) is 4.33. The highest BCUT2D eigenvalue weighted by atomic mass is 35.5. The van der Waals surface area contributed by atoms with Crippen LogP contribution in [0.25, 0.3) is 0 Å². The molecule has 2 heterocycles. The Labute approximate surface area is 188 Å². The number of carbonyl (C=O) groups excluding carboxylic acids is 2. The van der Waals surface area contributed by atoms with Crippen molar-refractivity contribution in [2.75, 3.05) is 0 Å². The molecule has 0 spiro atoms. The van der Waals surface area contributed by atoms with Crippen molar-refractivity contribution in [1.82, 2.24) is 13.9 Å². The summed E-state index contributed by atoms with van der Waals surface area (Å²) in [6.45, 7) is 3.57. The molecule has 0 radical (unpaired) electrons. The van der Waals surface area contributed by atoms with E-state index in [9.17, 15) is 24.3 Å². The van der Waals surface area contributed by atoms with Crippen LogP contribution < -0.4 is 11.4 Å². The van der Waals surface area contributed by atoms with Gasteiger partial charge in [-0.1, -0.05) is 30.7 Å². The number of aromatic hydroxyl groups is 1. The number of hydrogen-bond donors (Lipinski definition) is 1. The molecule has 5 rings (SSSR count). The number of fused-ring (bicyclic) bond motifs is 4. The largest absolute Gasteiger partial charge is 0.508 e. The molecule has 1 fully saturated rings. The lowest BCUT2D eigenvalue weighted by molar-refractivity contribution is -0.139. The number of allylic oxidation sites excluding steroid dienone is 4. The van der Waals surface area contributed by atoms with Crippen LogP contribution in [0.15, 0.2) is 51.1 Å². The van der Waals surface area contributed by atoms with E-state index in [1.807, 2.05) is 6.08 Å². The van der Waals surface area contributed by atoms with Crippen LogP contribution in [-0.2, 0) is 23.2 Å². The zero-order valence-electron chi connectivity index (χ0n) is 17.8. The molecule has 166 valence electrons. The lowest BCUT2D eigenvalue weighted by atomic mass is 9.51. The third-order valence-electron chi connectivity index (χ3n) is 7.43. The number of Topliss-reactive ketones (excluding diaryl/α,β-unsaturated/α-hetero) is 1. The Balaban J connectivity index is 1.81. The van der Waals surface area contributed by atoms with Crippen LogP contribution in [0.1, 0.15) is 37.8 Å². The van der Waals surface area contributed by atoms with Gasteiger partial charge in [-0.05, 0) is 48.3 Å². The molecule has 4 atom stereocenters. The number of aromatic nitrogens is 3. The molecule has 1 N–H and O–H groups in total. The summed E-state index contributed by atoms with van der Waals surface area (Å²) < 4.78 is 3.82. The van der Waals surface area contributed by atoms with Crippen molar-refractivity contribution in [1.29, 1.82) is 0 Å². The first kappa shape index (κ1) is 20.8. The molecule has 2 aliphatic carbocycles. The normalized spacial score (nSPS) is 29.1. The molecular weight excluding hydrogens is 434 g/mol. The van der Waals surface area contributed by atoms with Gasteiger partial charge in [0.15, 0.2) is 11.6 Å². The summed E-state index contributed by atoms with van der Waals surface area (Å²) in [5.74, 6) is -1.62. The molecule has 32 heavy (non-hydrogen) atoms. The van der Waals surface area contributed by atoms with Gasteiger partial charge in [0.25, 0.3) is 0 Å². The molecule has 1 aliphatic heterocycles. The number of carbonyl (C=O) groups is 2. The van der Waals surface area contributed by atoms with Gasteiger partial charge in [-0.3, -0.25) is 9.59 Å².